The maximum absolute atomic E-state index is 3.54. The Bertz CT molecular complexity index is 135. The molecular weight excluding hydrogens is 192 g/mol. The van der Waals surface area contributed by atoms with Gasteiger partial charge in [0, 0.05) is 12.6 Å². The molecule has 14 heavy (non-hydrogen) atoms. The smallest absolute Gasteiger partial charge is 0.0195 e. The first-order valence-corrected chi connectivity index (χ1v) is 6.98. The number of hydrogen-bond acceptors (Lipinski definition) is 3. The Morgan fingerprint density at radius 1 is 1.50 bits per heavy atom. The lowest BCUT2D eigenvalue weighted by molar-refractivity contribution is 0.302. The summed E-state index contributed by atoms with van der Waals surface area (Å²) >= 11 is 2.05. The molecule has 0 amide bonds. The standard InChI is InChI=1S/C11H24N2S/c1-3-14-9-5-8-13(2)10-11-6-4-7-12-11/h11-12H,3-10H2,1-2H3. The SMILES string of the molecule is CCSCCCN(C)CC1CCCN1. The van der Waals surface area contributed by atoms with Gasteiger partial charge in [-0.2, -0.15) is 11.8 Å². The third-order valence-electron chi connectivity index (χ3n) is 2.73. The summed E-state index contributed by atoms with van der Waals surface area (Å²) in [5.41, 5.74) is 0. The molecule has 1 fully saturated rings. The van der Waals surface area contributed by atoms with E-state index in [0.29, 0.717) is 0 Å². The highest BCUT2D eigenvalue weighted by Gasteiger charge is 2.15. The number of nitrogens with one attached hydrogen (secondary N) is 1. The molecule has 1 N–H and O–H groups in total. The Labute approximate surface area is 92.8 Å². The molecule has 0 radical (unpaired) electrons. The van der Waals surface area contributed by atoms with Gasteiger partial charge in [-0.1, -0.05) is 6.92 Å². The molecule has 0 spiro atoms. The van der Waals surface area contributed by atoms with Gasteiger partial charge in [-0.05, 0) is 50.9 Å². The lowest BCUT2D eigenvalue weighted by Crippen LogP contribution is -2.35. The minimum absolute atomic E-state index is 0.763. The van der Waals surface area contributed by atoms with Gasteiger partial charge in [-0.25, -0.2) is 0 Å². The molecule has 1 aliphatic rings. The van der Waals surface area contributed by atoms with Crippen molar-refractivity contribution in [2.75, 3.05) is 38.2 Å². The lowest BCUT2D eigenvalue weighted by atomic mass is 10.2. The molecule has 84 valence electrons. The zero-order valence-electron chi connectivity index (χ0n) is 9.59. The van der Waals surface area contributed by atoms with E-state index in [1.807, 2.05) is 0 Å². The second kappa shape index (κ2) is 7.55. The molecule has 0 aromatic rings. The van der Waals surface area contributed by atoms with Crippen molar-refractivity contribution in [2.45, 2.75) is 32.2 Å². The average molecular weight is 216 g/mol. The minimum Gasteiger partial charge on any atom is -0.313 e. The number of hydrogen-bond donors (Lipinski definition) is 1. The van der Waals surface area contributed by atoms with Gasteiger partial charge in [-0.3, -0.25) is 0 Å². The Morgan fingerprint density at radius 3 is 3.00 bits per heavy atom. The third-order valence-corrected chi connectivity index (χ3v) is 3.71. The van der Waals surface area contributed by atoms with Gasteiger partial charge in [0.25, 0.3) is 0 Å². The van der Waals surface area contributed by atoms with E-state index in [2.05, 4.69) is 35.9 Å². The van der Waals surface area contributed by atoms with Gasteiger partial charge < -0.3 is 10.2 Å². The van der Waals surface area contributed by atoms with E-state index in [4.69, 9.17) is 0 Å². The summed E-state index contributed by atoms with van der Waals surface area (Å²) in [6, 6.07) is 0.763. The maximum Gasteiger partial charge on any atom is 0.0195 e. The van der Waals surface area contributed by atoms with E-state index in [0.717, 1.165) is 6.04 Å². The minimum atomic E-state index is 0.763. The van der Waals surface area contributed by atoms with E-state index in [1.54, 1.807) is 0 Å². The fourth-order valence-electron chi connectivity index (χ4n) is 1.96. The van der Waals surface area contributed by atoms with Crippen molar-refractivity contribution in [3.8, 4) is 0 Å². The fraction of sp³-hybridized carbons (Fsp3) is 1.00. The monoisotopic (exact) mass is 216 g/mol. The van der Waals surface area contributed by atoms with Crippen molar-refractivity contribution >= 4 is 11.8 Å². The van der Waals surface area contributed by atoms with Crippen LogP contribution in [0, 0.1) is 0 Å². The average Bonchev–Trinajstić information content (AvgIpc) is 2.65. The molecule has 1 saturated heterocycles. The number of likely N-dealkylation sites (N-methyl/N-ethyl adjacent to an activating group) is 1. The molecule has 1 atom stereocenters. The van der Waals surface area contributed by atoms with Crippen LogP contribution in [0.1, 0.15) is 26.2 Å². The second-order valence-corrected chi connectivity index (χ2v) is 5.50. The van der Waals surface area contributed by atoms with Crippen LogP contribution in [-0.4, -0.2) is 49.1 Å². The van der Waals surface area contributed by atoms with E-state index >= 15 is 0 Å². The molecule has 3 heteroatoms. The summed E-state index contributed by atoms with van der Waals surface area (Å²) in [5, 5.41) is 3.54. The first-order valence-electron chi connectivity index (χ1n) is 5.82. The molecule has 0 aliphatic carbocycles. The van der Waals surface area contributed by atoms with Gasteiger partial charge in [0.05, 0.1) is 0 Å². The van der Waals surface area contributed by atoms with Crippen LogP contribution >= 0.6 is 11.8 Å². The van der Waals surface area contributed by atoms with Crippen molar-refractivity contribution in [2.24, 2.45) is 0 Å². The van der Waals surface area contributed by atoms with Crippen molar-refractivity contribution in [1.82, 2.24) is 10.2 Å². The van der Waals surface area contributed by atoms with Gasteiger partial charge in [0.15, 0.2) is 0 Å². The van der Waals surface area contributed by atoms with Gasteiger partial charge in [0.2, 0.25) is 0 Å². The van der Waals surface area contributed by atoms with Crippen LogP contribution in [-0.2, 0) is 0 Å². The van der Waals surface area contributed by atoms with E-state index in [-0.39, 0.29) is 0 Å². The highest BCUT2D eigenvalue weighted by atomic mass is 32.2. The topological polar surface area (TPSA) is 15.3 Å². The molecular formula is C11H24N2S. The zero-order valence-corrected chi connectivity index (χ0v) is 10.4. The van der Waals surface area contributed by atoms with Crippen LogP contribution in [0.15, 0.2) is 0 Å². The summed E-state index contributed by atoms with van der Waals surface area (Å²) in [5.74, 6) is 2.58. The van der Waals surface area contributed by atoms with Crippen LogP contribution in [0.25, 0.3) is 0 Å². The van der Waals surface area contributed by atoms with Crippen LogP contribution in [0.4, 0.5) is 0 Å². The molecule has 0 aromatic carbocycles. The van der Waals surface area contributed by atoms with Gasteiger partial charge in [-0.15, -0.1) is 0 Å². The normalized spacial score (nSPS) is 22.1. The molecule has 0 aromatic heterocycles. The second-order valence-electron chi connectivity index (χ2n) is 4.11. The summed E-state index contributed by atoms with van der Waals surface area (Å²) in [6.45, 7) is 5.95. The lowest BCUT2D eigenvalue weighted by Gasteiger charge is -2.20. The van der Waals surface area contributed by atoms with E-state index in [9.17, 15) is 0 Å². The number of thioether (sulfide) groups is 1. The predicted octanol–water partition coefficient (Wildman–Crippen LogP) is 1.81. The zero-order chi connectivity index (χ0) is 10.2. The van der Waals surface area contributed by atoms with Crippen LogP contribution in [0.3, 0.4) is 0 Å². The Kier molecular flexibility index (Phi) is 6.65. The molecule has 2 nitrogen and oxygen atoms in total. The van der Waals surface area contributed by atoms with Crippen LogP contribution < -0.4 is 5.32 Å². The molecule has 0 bridgehead atoms. The molecule has 1 rings (SSSR count). The Balaban J connectivity index is 1.95. The predicted molar refractivity (Wildman–Crippen MR) is 66.1 cm³/mol. The summed E-state index contributed by atoms with van der Waals surface area (Å²) in [6.07, 6.45) is 4.07. The number of rotatable bonds is 7. The number of nitrogens with zero attached hydrogens (tertiary/aromatic N) is 1. The summed E-state index contributed by atoms with van der Waals surface area (Å²) in [7, 11) is 2.25. The first-order chi connectivity index (χ1) is 6.83. The Hall–Kier alpha value is 0.270. The molecule has 1 aliphatic heterocycles. The maximum atomic E-state index is 3.54. The van der Waals surface area contributed by atoms with Crippen molar-refractivity contribution in [3.63, 3.8) is 0 Å². The first kappa shape index (κ1) is 12.3. The van der Waals surface area contributed by atoms with Crippen molar-refractivity contribution in [3.05, 3.63) is 0 Å². The van der Waals surface area contributed by atoms with Gasteiger partial charge in [0.1, 0.15) is 0 Å². The van der Waals surface area contributed by atoms with E-state index < -0.39 is 0 Å². The fourth-order valence-corrected chi connectivity index (χ4v) is 2.58. The van der Waals surface area contributed by atoms with Crippen molar-refractivity contribution < 1.29 is 0 Å². The molecule has 1 heterocycles. The van der Waals surface area contributed by atoms with Crippen LogP contribution in [0.5, 0.6) is 0 Å². The Morgan fingerprint density at radius 2 is 2.36 bits per heavy atom. The highest BCUT2D eigenvalue weighted by molar-refractivity contribution is 7.99. The summed E-state index contributed by atoms with van der Waals surface area (Å²) in [4.78, 5) is 2.47. The quantitative estimate of drug-likeness (QED) is 0.654. The van der Waals surface area contributed by atoms with E-state index in [1.165, 1.54) is 50.4 Å². The molecule has 0 saturated carbocycles. The largest absolute Gasteiger partial charge is 0.313 e. The van der Waals surface area contributed by atoms with Crippen molar-refractivity contribution in [1.29, 1.82) is 0 Å². The third kappa shape index (κ3) is 5.23. The highest BCUT2D eigenvalue weighted by Crippen LogP contribution is 2.07. The summed E-state index contributed by atoms with van der Waals surface area (Å²) < 4.78 is 0. The van der Waals surface area contributed by atoms with Crippen LogP contribution in [0.2, 0.25) is 0 Å². The molecule has 1 unspecified atom stereocenters. The van der Waals surface area contributed by atoms with Gasteiger partial charge >= 0.3 is 0 Å².